The van der Waals surface area contributed by atoms with E-state index in [9.17, 15) is 4.79 Å². The van der Waals surface area contributed by atoms with Crippen LogP contribution in [0.2, 0.25) is 10.0 Å². The molecule has 1 aliphatic rings. The van der Waals surface area contributed by atoms with Crippen LogP contribution in [0.25, 0.3) is 0 Å². The van der Waals surface area contributed by atoms with E-state index in [0.717, 1.165) is 19.4 Å². The summed E-state index contributed by atoms with van der Waals surface area (Å²) in [4.78, 5) is 12.2. The van der Waals surface area contributed by atoms with Crippen LogP contribution in [-0.2, 0) is 0 Å². The van der Waals surface area contributed by atoms with Crippen LogP contribution in [0, 0.1) is 0 Å². The van der Waals surface area contributed by atoms with Crippen molar-refractivity contribution in [2.24, 2.45) is 0 Å². The highest BCUT2D eigenvalue weighted by molar-refractivity contribution is 6.37. The van der Waals surface area contributed by atoms with Crippen LogP contribution in [0.1, 0.15) is 23.2 Å². The lowest BCUT2D eigenvalue weighted by Crippen LogP contribution is -2.30. The molecule has 0 aromatic heterocycles. The number of hydrogen-bond donors (Lipinski definition) is 1. The maximum atomic E-state index is 12.2. The number of rotatable bonds is 3. The van der Waals surface area contributed by atoms with Crippen molar-refractivity contribution in [3.8, 4) is 5.75 Å². The first-order valence-corrected chi connectivity index (χ1v) is 6.19. The third-order valence-corrected chi connectivity index (χ3v) is 3.49. The molecule has 1 saturated heterocycles. The molecule has 1 unspecified atom stereocenters. The molecule has 1 N–H and O–H groups in total. The van der Waals surface area contributed by atoms with Crippen molar-refractivity contribution in [2.45, 2.75) is 18.9 Å². The van der Waals surface area contributed by atoms with Crippen LogP contribution < -0.4 is 10.1 Å². The minimum Gasteiger partial charge on any atom is -0.495 e. The molecule has 0 radical (unpaired) electrons. The Hall–Kier alpha value is -0.770. The van der Waals surface area contributed by atoms with E-state index in [1.54, 1.807) is 12.1 Å². The summed E-state index contributed by atoms with van der Waals surface area (Å²) in [5.41, 5.74) is 0.455. The van der Waals surface area contributed by atoms with Gasteiger partial charge in [0.25, 0.3) is 0 Å². The van der Waals surface area contributed by atoms with Crippen LogP contribution in [0.15, 0.2) is 12.1 Å². The lowest BCUT2D eigenvalue weighted by molar-refractivity contribution is 0.0952. The number of ketones is 1. The molecule has 5 heteroatoms. The molecule has 3 nitrogen and oxygen atoms in total. The Morgan fingerprint density at radius 3 is 2.76 bits per heavy atom. The van der Waals surface area contributed by atoms with Gasteiger partial charge in [0.2, 0.25) is 0 Å². The van der Waals surface area contributed by atoms with Gasteiger partial charge in [0.1, 0.15) is 5.75 Å². The van der Waals surface area contributed by atoms with Gasteiger partial charge in [-0.15, -0.1) is 0 Å². The molecule has 0 amide bonds. The summed E-state index contributed by atoms with van der Waals surface area (Å²) >= 11 is 12.1. The Morgan fingerprint density at radius 1 is 1.41 bits per heavy atom. The van der Waals surface area contributed by atoms with Crippen molar-refractivity contribution in [3.05, 3.63) is 27.7 Å². The van der Waals surface area contributed by atoms with Gasteiger partial charge in [-0.2, -0.15) is 0 Å². The summed E-state index contributed by atoms with van der Waals surface area (Å²) in [7, 11) is 1.51. The van der Waals surface area contributed by atoms with Gasteiger partial charge in [-0.3, -0.25) is 4.79 Å². The number of ether oxygens (including phenoxy) is 1. The standard InChI is InChI=1S/C12H13Cl2NO2/c1-17-11-6-8(13)7(5-9(11)14)12(16)10-3-2-4-15-10/h5-6,10,15H,2-4H2,1H3. The first-order chi connectivity index (χ1) is 8.13. The first kappa shape index (κ1) is 12.7. The fourth-order valence-corrected chi connectivity index (χ4v) is 2.46. The van der Waals surface area contributed by atoms with Gasteiger partial charge >= 0.3 is 0 Å². The van der Waals surface area contributed by atoms with Gasteiger partial charge in [-0.05, 0) is 25.5 Å². The zero-order chi connectivity index (χ0) is 12.4. The number of carbonyl (C=O) groups is 1. The zero-order valence-corrected chi connectivity index (χ0v) is 10.9. The average molecular weight is 274 g/mol. The number of methoxy groups -OCH3 is 1. The topological polar surface area (TPSA) is 38.3 Å². The van der Waals surface area contributed by atoms with Crippen molar-refractivity contribution >= 4 is 29.0 Å². The first-order valence-electron chi connectivity index (χ1n) is 5.44. The van der Waals surface area contributed by atoms with E-state index >= 15 is 0 Å². The smallest absolute Gasteiger partial charge is 0.181 e. The molecule has 17 heavy (non-hydrogen) atoms. The number of hydrogen-bond acceptors (Lipinski definition) is 3. The van der Waals surface area contributed by atoms with Gasteiger partial charge in [0.15, 0.2) is 5.78 Å². The highest BCUT2D eigenvalue weighted by atomic mass is 35.5. The highest BCUT2D eigenvalue weighted by Gasteiger charge is 2.25. The molecule has 1 fully saturated rings. The van der Waals surface area contributed by atoms with Crippen molar-refractivity contribution in [1.82, 2.24) is 5.32 Å². The quantitative estimate of drug-likeness (QED) is 0.861. The van der Waals surface area contributed by atoms with Crippen LogP contribution in [-0.4, -0.2) is 25.5 Å². The molecule has 2 rings (SSSR count). The van der Waals surface area contributed by atoms with E-state index in [2.05, 4.69) is 5.32 Å². The molecule has 0 saturated carbocycles. The van der Waals surface area contributed by atoms with Gasteiger partial charge < -0.3 is 10.1 Å². The van der Waals surface area contributed by atoms with Crippen molar-refractivity contribution in [3.63, 3.8) is 0 Å². The van der Waals surface area contributed by atoms with E-state index in [4.69, 9.17) is 27.9 Å². The van der Waals surface area contributed by atoms with E-state index in [1.807, 2.05) is 0 Å². The fourth-order valence-electron chi connectivity index (χ4n) is 1.97. The van der Waals surface area contributed by atoms with E-state index in [0.29, 0.717) is 21.4 Å². The molecule has 92 valence electrons. The third-order valence-electron chi connectivity index (χ3n) is 2.88. The molecule has 0 bridgehead atoms. The number of benzene rings is 1. The summed E-state index contributed by atoms with van der Waals surface area (Å²) in [5.74, 6) is 0.477. The second-order valence-corrected chi connectivity index (χ2v) is 4.79. The summed E-state index contributed by atoms with van der Waals surface area (Å²) in [6.45, 7) is 0.873. The molecular weight excluding hydrogens is 261 g/mol. The Labute approximate surface area is 110 Å². The Balaban J connectivity index is 2.31. The third kappa shape index (κ3) is 2.57. The average Bonchev–Trinajstić information content (AvgIpc) is 2.84. The van der Waals surface area contributed by atoms with Gasteiger partial charge in [-0.1, -0.05) is 23.2 Å². The van der Waals surface area contributed by atoms with Crippen molar-refractivity contribution in [1.29, 1.82) is 0 Å². The maximum absolute atomic E-state index is 12.2. The predicted molar refractivity (Wildman–Crippen MR) is 68.4 cm³/mol. The van der Waals surface area contributed by atoms with Crippen molar-refractivity contribution in [2.75, 3.05) is 13.7 Å². The van der Waals surface area contributed by atoms with Crippen LogP contribution >= 0.6 is 23.2 Å². The predicted octanol–water partition coefficient (Wildman–Crippen LogP) is 2.94. The lowest BCUT2D eigenvalue weighted by atomic mass is 10.0. The van der Waals surface area contributed by atoms with Crippen molar-refractivity contribution < 1.29 is 9.53 Å². The van der Waals surface area contributed by atoms with Gasteiger partial charge in [0, 0.05) is 11.6 Å². The Bertz CT molecular complexity index is 442. The minimum atomic E-state index is -0.142. The van der Waals surface area contributed by atoms with E-state index in [1.165, 1.54) is 7.11 Å². The Kier molecular flexibility index (Phi) is 3.92. The fraction of sp³-hybridized carbons (Fsp3) is 0.417. The normalized spacial score (nSPS) is 19.4. The van der Waals surface area contributed by atoms with Crippen LogP contribution in [0.3, 0.4) is 0 Å². The molecule has 1 heterocycles. The second-order valence-electron chi connectivity index (χ2n) is 3.98. The number of carbonyl (C=O) groups excluding carboxylic acids is 1. The molecule has 1 aromatic carbocycles. The summed E-state index contributed by atoms with van der Waals surface area (Å²) < 4.78 is 5.04. The van der Waals surface area contributed by atoms with Crippen LogP contribution in [0.4, 0.5) is 0 Å². The summed E-state index contributed by atoms with van der Waals surface area (Å²) in [6.07, 6.45) is 1.86. The number of halogens is 2. The Morgan fingerprint density at radius 2 is 2.18 bits per heavy atom. The summed E-state index contributed by atoms with van der Waals surface area (Å²) in [5, 5.41) is 3.93. The maximum Gasteiger partial charge on any atom is 0.181 e. The summed E-state index contributed by atoms with van der Waals surface area (Å²) in [6, 6.07) is 3.01. The van der Waals surface area contributed by atoms with Gasteiger partial charge in [0.05, 0.1) is 23.2 Å². The molecule has 1 aromatic rings. The molecule has 1 aliphatic heterocycles. The highest BCUT2D eigenvalue weighted by Crippen LogP contribution is 2.32. The van der Waals surface area contributed by atoms with Gasteiger partial charge in [-0.25, -0.2) is 0 Å². The number of nitrogens with one attached hydrogen (secondary N) is 1. The molecule has 1 atom stereocenters. The minimum absolute atomic E-state index is 0.00273. The second kappa shape index (κ2) is 5.25. The van der Waals surface area contributed by atoms with E-state index < -0.39 is 0 Å². The lowest BCUT2D eigenvalue weighted by Gasteiger charge is -2.12. The number of Topliss-reactive ketones (excluding diaryl/α,β-unsaturated/α-hetero) is 1. The largest absolute Gasteiger partial charge is 0.495 e. The molecular formula is C12H13Cl2NO2. The molecule has 0 spiro atoms. The van der Waals surface area contributed by atoms with E-state index in [-0.39, 0.29) is 11.8 Å². The SMILES string of the molecule is COc1cc(Cl)c(C(=O)C2CCCN2)cc1Cl. The zero-order valence-electron chi connectivity index (χ0n) is 9.43. The monoisotopic (exact) mass is 273 g/mol. The van der Waals surface area contributed by atoms with Crippen LogP contribution in [0.5, 0.6) is 5.75 Å². The molecule has 0 aliphatic carbocycles.